The van der Waals surface area contributed by atoms with E-state index in [1.54, 1.807) is 28.4 Å². The van der Waals surface area contributed by atoms with Crippen LogP contribution < -0.4 is 29.6 Å². The van der Waals surface area contributed by atoms with Crippen molar-refractivity contribution in [3.05, 3.63) is 46.5 Å². The van der Waals surface area contributed by atoms with E-state index in [-0.39, 0.29) is 0 Å². The van der Waals surface area contributed by atoms with Crippen LogP contribution in [0.2, 0.25) is 0 Å². The molecule has 4 atom stereocenters. The molecule has 2 heterocycles. The third-order valence-corrected chi connectivity index (χ3v) is 10.3. The first-order valence-corrected chi connectivity index (χ1v) is 17.8. The van der Waals surface area contributed by atoms with Crippen molar-refractivity contribution in [1.82, 2.24) is 10.6 Å². The number of rotatable bonds is 18. The second kappa shape index (κ2) is 17.5. The summed E-state index contributed by atoms with van der Waals surface area (Å²) in [6.45, 7) is 11.5. The third kappa shape index (κ3) is 9.32. The molecule has 0 radical (unpaired) electrons. The van der Waals surface area contributed by atoms with E-state index in [1.807, 2.05) is 0 Å². The number of nitrogens with one attached hydrogen (secondary N) is 2. The van der Waals surface area contributed by atoms with Gasteiger partial charge in [0.15, 0.2) is 23.0 Å². The Kier molecular flexibility index (Phi) is 13.7. The van der Waals surface area contributed by atoms with Gasteiger partial charge in [0.2, 0.25) is 0 Å². The lowest BCUT2D eigenvalue weighted by Crippen LogP contribution is -2.35. The van der Waals surface area contributed by atoms with Crippen LogP contribution in [0.15, 0.2) is 24.3 Å². The van der Waals surface area contributed by atoms with Gasteiger partial charge in [-0.15, -0.1) is 0 Å². The van der Waals surface area contributed by atoms with E-state index in [4.69, 9.17) is 18.9 Å². The Morgan fingerprint density at radius 2 is 0.911 bits per heavy atom. The molecule has 6 heteroatoms. The molecule has 252 valence electrons. The predicted molar refractivity (Wildman–Crippen MR) is 186 cm³/mol. The second-order valence-electron chi connectivity index (χ2n) is 14.3. The molecule has 0 aromatic heterocycles. The summed E-state index contributed by atoms with van der Waals surface area (Å²) in [4.78, 5) is 0. The Morgan fingerprint density at radius 1 is 0.533 bits per heavy atom. The van der Waals surface area contributed by atoms with Crippen molar-refractivity contribution in [2.45, 2.75) is 110 Å². The van der Waals surface area contributed by atoms with Crippen molar-refractivity contribution in [3.8, 4) is 23.0 Å². The van der Waals surface area contributed by atoms with E-state index >= 15 is 0 Å². The SMILES string of the molecule is COc1cc2c(cc1OC)C(C(CCCCCC(CCC(C)C)C1NCCc3cc(OC)c(OC)cc31)CCC(C)C)NCC2. The van der Waals surface area contributed by atoms with Crippen LogP contribution in [0.1, 0.15) is 120 Å². The first-order chi connectivity index (χ1) is 21.8. The number of unbranched alkanes of at least 4 members (excludes halogenated alkanes) is 2. The zero-order chi connectivity index (χ0) is 32.3. The molecule has 0 aliphatic carbocycles. The normalized spacial score (nSPS) is 19.2. The molecular formula is C39H62N2O4. The Morgan fingerprint density at radius 3 is 1.27 bits per heavy atom. The van der Waals surface area contributed by atoms with Crippen molar-refractivity contribution in [1.29, 1.82) is 0 Å². The van der Waals surface area contributed by atoms with Crippen molar-refractivity contribution in [3.63, 3.8) is 0 Å². The predicted octanol–water partition coefficient (Wildman–Crippen LogP) is 8.85. The van der Waals surface area contributed by atoms with Gasteiger partial charge in [0.05, 0.1) is 28.4 Å². The number of hydrogen-bond donors (Lipinski definition) is 2. The van der Waals surface area contributed by atoms with E-state index in [0.717, 1.165) is 48.9 Å². The van der Waals surface area contributed by atoms with Gasteiger partial charge in [-0.1, -0.05) is 59.8 Å². The number of methoxy groups -OCH3 is 4. The molecule has 0 spiro atoms. The molecule has 6 nitrogen and oxygen atoms in total. The molecule has 45 heavy (non-hydrogen) atoms. The summed E-state index contributed by atoms with van der Waals surface area (Å²) in [6.07, 6.45) is 13.5. The van der Waals surface area contributed by atoms with Gasteiger partial charge < -0.3 is 29.6 Å². The molecule has 2 aromatic rings. The number of ether oxygens (including phenoxy) is 4. The van der Waals surface area contributed by atoms with Crippen LogP contribution in [0.5, 0.6) is 23.0 Å². The van der Waals surface area contributed by atoms with Crippen LogP contribution in [0, 0.1) is 23.7 Å². The van der Waals surface area contributed by atoms with Crippen molar-refractivity contribution in [2.75, 3.05) is 41.5 Å². The van der Waals surface area contributed by atoms with E-state index in [1.165, 1.54) is 80.0 Å². The molecule has 4 rings (SSSR count). The summed E-state index contributed by atoms with van der Waals surface area (Å²) in [7, 11) is 6.96. The maximum atomic E-state index is 5.72. The minimum atomic E-state index is 0.376. The van der Waals surface area contributed by atoms with Crippen LogP contribution in [0.4, 0.5) is 0 Å². The van der Waals surface area contributed by atoms with E-state index in [0.29, 0.717) is 35.8 Å². The molecule has 2 aromatic carbocycles. The van der Waals surface area contributed by atoms with E-state index in [2.05, 4.69) is 62.6 Å². The summed E-state index contributed by atoms with van der Waals surface area (Å²) in [5.41, 5.74) is 5.65. The maximum Gasteiger partial charge on any atom is 0.161 e. The van der Waals surface area contributed by atoms with E-state index < -0.39 is 0 Å². The summed E-state index contributed by atoms with van der Waals surface area (Å²) >= 11 is 0. The molecule has 0 bridgehead atoms. The van der Waals surface area contributed by atoms with Crippen molar-refractivity contribution < 1.29 is 18.9 Å². The Labute approximate surface area is 274 Å². The van der Waals surface area contributed by atoms with Crippen molar-refractivity contribution in [2.24, 2.45) is 23.7 Å². The number of benzene rings is 2. The molecule has 4 unspecified atom stereocenters. The standard InChI is InChI=1S/C39H62N2O4/c1-26(2)14-16-28(38-32-24-36(44-7)34(42-5)22-30(32)18-20-40-38)12-10-9-11-13-29(17-15-27(3)4)39-33-25-37(45-8)35(43-6)23-31(33)19-21-41-39/h22-29,38-41H,9-21H2,1-8H3. The summed E-state index contributed by atoms with van der Waals surface area (Å²) in [5.74, 6) is 6.04. The maximum absolute atomic E-state index is 5.72. The zero-order valence-electron chi connectivity index (χ0n) is 29.6. The first kappa shape index (κ1) is 35.4. The molecule has 0 saturated heterocycles. The Balaban J connectivity index is 1.43. The average molecular weight is 623 g/mol. The van der Waals surface area contributed by atoms with Crippen LogP contribution >= 0.6 is 0 Å². The first-order valence-electron chi connectivity index (χ1n) is 17.8. The molecule has 0 fully saturated rings. The highest BCUT2D eigenvalue weighted by atomic mass is 16.5. The topological polar surface area (TPSA) is 61.0 Å². The molecular weight excluding hydrogens is 560 g/mol. The fourth-order valence-electron chi connectivity index (χ4n) is 7.71. The number of fused-ring (bicyclic) bond motifs is 2. The van der Waals surface area contributed by atoms with Gasteiger partial charge in [0.25, 0.3) is 0 Å². The lowest BCUT2D eigenvalue weighted by molar-refractivity contribution is 0.269. The fraction of sp³-hybridized carbons (Fsp3) is 0.692. The van der Waals surface area contributed by atoms with Crippen molar-refractivity contribution >= 4 is 0 Å². The van der Waals surface area contributed by atoms with Gasteiger partial charge in [0, 0.05) is 12.1 Å². The lowest BCUT2D eigenvalue weighted by atomic mass is 9.79. The van der Waals surface area contributed by atoms with Gasteiger partial charge >= 0.3 is 0 Å². The highest BCUT2D eigenvalue weighted by molar-refractivity contribution is 5.50. The number of hydrogen-bond acceptors (Lipinski definition) is 6. The Hall–Kier alpha value is -2.44. The van der Waals surface area contributed by atoms with Crippen LogP contribution in [-0.2, 0) is 12.8 Å². The Bertz CT molecular complexity index is 1100. The third-order valence-electron chi connectivity index (χ3n) is 10.3. The van der Waals surface area contributed by atoms with Gasteiger partial charge in [-0.05, 0) is 122 Å². The highest BCUT2D eigenvalue weighted by Gasteiger charge is 2.31. The zero-order valence-corrected chi connectivity index (χ0v) is 29.6. The van der Waals surface area contributed by atoms with Gasteiger partial charge in [-0.25, -0.2) is 0 Å². The minimum Gasteiger partial charge on any atom is -0.493 e. The summed E-state index contributed by atoms with van der Waals surface area (Å²) < 4.78 is 22.7. The molecule has 2 aliphatic rings. The highest BCUT2D eigenvalue weighted by Crippen LogP contribution is 2.42. The second-order valence-corrected chi connectivity index (χ2v) is 14.3. The quantitative estimate of drug-likeness (QED) is 0.162. The largest absolute Gasteiger partial charge is 0.493 e. The summed E-state index contributed by atoms with van der Waals surface area (Å²) in [6, 6.07) is 9.66. The smallest absolute Gasteiger partial charge is 0.161 e. The molecule has 0 saturated carbocycles. The fourth-order valence-corrected chi connectivity index (χ4v) is 7.71. The average Bonchev–Trinajstić information content (AvgIpc) is 3.05. The summed E-state index contributed by atoms with van der Waals surface area (Å²) in [5, 5.41) is 7.84. The van der Waals surface area contributed by atoms with Crippen LogP contribution in [-0.4, -0.2) is 41.5 Å². The van der Waals surface area contributed by atoms with E-state index in [9.17, 15) is 0 Å². The van der Waals surface area contributed by atoms with Gasteiger partial charge in [0.1, 0.15) is 0 Å². The molecule has 2 aliphatic heterocycles. The molecule has 2 N–H and O–H groups in total. The lowest BCUT2D eigenvalue weighted by Gasteiger charge is -2.35. The van der Waals surface area contributed by atoms with Crippen LogP contribution in [0.3, 0.4) is 0 Å². The monoisotopic (exact) mass is 622 g/mol. The van der Waals surface area contributed by atoms with Gasteiger partial charge in [-0.3, -0.25) is 0 Å². The van der Waals surface area contributed by atoms with Crippen LogP contribution in [0.25, 0.3) is 0 Å². The molecule has 0 amide bonds. The minimum absolute atomic E-state index is 0.376. The van der Waals surface area contributed by atoms with Gasteiger partial charge in [-0.2, -0.15) is 0 Å².